The number of hydrogen-bond donors (Lipinski definition) is 1. The van der Waals surface area contributed by atoms with E-state index in [1.54, 1.807) is 28.2 Å². The first-order valence-corrected chi connectivity index (χ1v) is 15.0. The topological polar surface area (TPSA) is 63.6 Å². The number of rotatable bonds is 9. The summed E-state index contributed by atoms with van der Waals surface area (Å²) in [5.41, 5.74) is 3.74. The van der Waals surface area contributed by atoms with E-state index in [1.807, 2.05) is 85.1 Å². The summed E-state index contributed by atoms with van der Waals surface area (Å²) in [6, 6.07) is 24.9. The van der Waals surface area contributed by atoms with Crippen LogP contribution < -0.4 is 15.6 Å². The van der Waals surface area contributed by atoms with Gasteiger partial charge in [0, 0.05) is 28.9 Å². The van der Waals surface area contributed by atoms with Gasteiger partial charge in [0.2, 0.25) is 0 Å². The lowest BCUT2D eigenvalue weighted by Crippen LogP contribution is -2.22. The molecule has 2 aromatic heterocycles. The van der Waals surface area contributed by atoms with Gasteiger partial charge in [-0.25, -0.2) is 0 Å². The SMILES string of the molecule is Cc1ccc(NC(=O)c2cccc(-c3cccs3)c2)cc1-n1ccc2ccc(OCCCN3CCCC3)cc2c1=O. The van der Waals surface area contributed by atoms with Crippen LogP contribution in [0.5, 0.6) is 5.75 Å². The van der Waals surface area contributed by atoms with Crippen molar-refractivity contribution in [3.8, 4) is 21.9 Å². The molecule has 0 spiro atoms. The predicted octanol–water partition coefficient (Wildman–Crippen LogP) is 7.14. The Morgan fingerprint density at radius 2 is 1.85 bits per heavy atom. The lowest BCUT2D eigenvalue weighted by atomic mass is 10.1. The van der Waals surface area contributed by atoms with Gasteiger partial charge in [-0.2, -0.15) is 0 Å². The van der Waals surface area contributed by atoms with Crippen molar-refractivity contribution in [2.24, 2.45) is 0 Å². The summed E-state index contributed by atoms with van der Waals surface area (Å²) < 4.78 is 7.65. The van der Waals surface area contributed by atoms with Crippen molar-refractivity contribution in [2.75, 3.05) is 31.6 Å². The van der Waals surface area contributed by atoms with Gasteiger partial charge >= 0.3 is 0 Å². The smallest absolute Gasteiger partial charge is 0.263 e. The Labute approximate surface area is 243 Å². The van der Waals surface area contributed by atoms with Crippen molar-refractivity contribution in [1.82, 2.24) is 9.47 Å². The van der Waals surface area contributed by atoms with Crippen LogP contribution in [0.3, 0.4) is 0 Å². The Morgan fingerprint density at radius 1 is 0.976 bits per heavy atom. The molecule has 1 N–H and O–H groups in total. The molecule has 3 aromatic carbocycles. The lowest BCUT2D eigenvalue weighted by molar-refractivity contribution is 0.102. The van der Waals surface area contributed by atoms with Crippen LogP contribution in [0.15, 0.2) is 95.2 Å². The number of amides is 1. The quantitative estimate of drug-likeness (QED) is 0.194. The van der Waals surface area contributed by atoms with Gasteiger partial charge in [0.1, 0.15) is 5.75 Å². The van der Waals surface area contributed by atoms with E-state index in [1.165, 1.54) is 25.9 Å². The standard InChI is InChI=1S/C34H33N3O3S/c1-24-10-12-28(35-33(38)27-8-4-7-26(21-27)32-9-5-20-41-32)22-31(24)37-18-14-25-11-13-29(23-30(25)34(37)39)40-19-6-17-36-15-2-3-16-36/h4-5,7-14,18,20-23H,2-3,6,15-17,19H2,1H3,(H,35,38). The van der Waals surface area contributed by atoms with E-state index in [2.05, 4.69) is 10.2 Å². The highest BCUT2D eigenvalue weighted by Gasteiger charge is 2.13. The number of ether oxygens (including phenoxy) is 1. The Kier molecular flexibility index (Phi) is 7.98. The Morgan fingerprint density at radius 3 is 2.68 bits per heavy atom. The zero-order chi connectivity index (χ0) is 28.2. The number of aromatic nitrogens is 1. The van der Waals surface area contributed by atoms with E-state index in [4.69, 9.17) is 4.74 Å². The third kappa shape index (κ3) is 6.11. The van der Waals surface area contributed by atoms with Crippen molar-refractivity contribution < 1.29 is 9.53 Å². The molecule has 1 saturated heterocycles. The number of fused-ring (bicyclic) bond motifs is 1. The van der Waals surface area contributed by atoms with Gasteiger partial charge in [-0.15, -0.1) is 11.3 Å². The molecule has 0 aliphatic carbocycles. The number of aryl methyl sites for hydroxylation is 1. The van der Waals surface area contributed by atoms with E-state index >= 15 is 0 Å². The maximum absolute atomic E-state index is 13.7. The third-order valence-corrected chi connectivity index (χ3v) is 8.54. The van der Waals surface area contributed by atoms with Crippen LogP contribution in [0.25, 0.3) is 26.9 Å². The second kappa shape index (κ2) is 12.1. The van der Waals surface area contributed by atoms with Crippen LogP contribution in [0.2, 0.25) is 0 Å². The minimum Gasteiger partial charge on any atom is -0.494 e. The largest absolute Gasteiger partial charge is 0.494 e. The molecule has 41 heavy (non-hydrogen) atoms. The summed E-state index contributed by atoms with van der Waals surface area (Å²) in [5.74, 6) is 0.506. The van der Waals surface area contributed by atoms with Gasteiger partial charge in [0.25, 0.3) is 11.5 Å². The summed E-state index contributed by atoms with van der Waals surface area (Å²) in [6.07, 6.45) is 5.33. The van der Waals surface area contributed by atoms with Crippen LogP contribution in [0, 0.1) is 6.92 Å². The number of carbonyl (C=O) groups excluding carboxylic acids is 1. The Hall–Kier alpha value is -4.20. The van der Waals surface area contributed by atoms with E-state index < -0.39 is 0 Å². The summed E-state index contributed by atoms with van der Waals surface area (Å²) in [6.45, 7) is 6.00. The molecule has 3 heterocycles. The summed E-state index contributed by atoms with van der Waals surface area (Å²) in [4.78, 5) is 30.4. The first-order valence-electron chi connectivity index (χ1n) is 14.1. The third-order valence-electron chi connectivity index (χ3n) is 7.62. The fraction of sp³-hybridized carbons (Fsp3) is 0.235. The van der Waals surface area contributed by atoms with Gasteiger partial charge in [-0.3, -0.25) is 14.2 Å². The zero-order valence-electron chi connectivity index (χ0n) is 23.1. The summed E-state index contributed by atoms with van der Waals surface area (Å²) >= 11 is 1.64. The molecule has 0 unspecified atom stereocenters. The first-order chi connectivity index (χ1) is 20.0. The molecule has 6 nitrogen and oxygen atoms in total. The van der Waals surface area contributed by atoms with Crippen molar-refractivity contribution in [2.45, 2.75) is 26.2 Å². The van der Waals surface area contributed by atoms with Gasteiger partial charge in [0.05, 0.1) is 17.7 Å². The number of anilines is 1. The van der Waals surface area contributed by atoms with Gasteiger partial charge in [-0.1, -0.05) is 30.3 Å². The van der Waals surface area contributed by atoms with Crippen LogP contribution in [-0.2, 0) is 0 Å². The number of pyridine rings is 1. The molecule has 208 valence electrons. The average Bonchev–Trinajstić information content (AvgIpc) is 3.72. The van der Waals surface area contributed by atoms with Gasteiger partial charge in [0.15, 0.2) is 0 Å². The minimum atomic E-state index is -0.199. The monoisotopic (exact) mass is 563 g/mol. The molecular formula is C34H33N3O3S. The maximum Gasteiger partial charge on any atom is 0.263 e. The van der Waals surface area contributed by atoms with Crippen LogP contribution in [0.4, 0.5) is 5.69 Å². The molecule has 1 aliphatic heterocycles. The summed E-state index contributed by atoms with van der Waals surface area (Å²) in [5, 5.41) is 6.50. The average molecular weight is 564 g/mol. The van der Waals surface area contributed by atoms with Crippen LogP contribution >= 0.6 is 11.3 Å². The van der Waals surface area contributed by atoms with Crippen LogP contribution in [0.1, 0.15) is 35.2 Å². The Bertz CT molecular complexity index is 1740. The predicted molar refractivity (Wildman–Crippen MR) is 168 cm³/mol. The number of likely N-dealkylation sites (tertiary alicyclic amines) is 1. The van der Waals surface area contributed by atoms with Gasteiger partial charge in [-0.05, 0) is 110 Å². The lowest BCUT2D eigenvalue weighted by Gasteiger charge is -2.15. The number of hydrogen-bond acceptors (Lipinski definition) is 5. The molecule has 1 fully saturated rings. The molecule has 7 heteroatoms. The maximum atomic E-state index is 13.7. The molecule has 0 radical (unpaired) electrons. The molecule has 0 atom stereocenters. The Balaban J connectivity index is 1.21. The van der Waals surface area contributed by atoms with E-state index in [0.717, 1.165) is 40.0 Å². The van der Waals surface area contributed by atoms with E-state index in [0.29, 0.717) is 29.0 Å². The normalized spacial score (nSPS) is 13.5. The minimum absolute atomic E-state index is 0.125. The highest BCUT2D eigenvalue weighted by atomic mass is 32.1. The molecule has 6 rings (SSSR count). The fourth-order valence-electron chi connectivity index (χ4n) is 5.39. The van der Waals surface area contributed by atoms with E-state index in [9.17, 15) is 9.59 Å². The molecule has 0 bridgehead atoms. The first kappa shape index (κ1) is 27.0. The number of benzene rings is 3. The van der Waals surface area contributed by atoms with Crippen molar-refractivity contribution >= 4 is 33.7 Å². The second-order valence-electron chi connectivity index (χ2n) is 10.5. The number of nitrogens with one attached hydrogen (secondary N) is 1. The zero-order valence-corrected chi connectivity index (χ0v) is 24.0. The highest BCUT2D eigenvalue weighted by Crippen LogP contribution is 2.26. The molecule has 1 aliphatic rings. The molecule has 1 amide bonds. The highest BCUT2D eigenvalue weighted by molar-refractivity contribution is 7.13. The van der Waals surface area contributed by atoms with E-state index in [-0.39, 0.29) is 11.5 Å². The van der Waals surface area contributed by atoms with Crippen molar-refractivity contribution in [1.29, 1.82) is 0 Å². The number of nitrogens with zero attached hydrogens (tertiary/aromatic N) is 2. The van der Waals surface area contributed by atoms with Crippen molar-refractivity contribution in [3.05, 3.63) is 112 Å². The molecule has 0 saturated carbocycles. The number of thiophene rings is 1. The molecular weight excluding hydrogens is 530 g/mol. The fourth-order valence-corrected chi connectivity index (χ4v) is 6.11. The van der Waals surface area contributed by atoms with Crippen LogP contribution in [-0.4, -0.2) is 41.6 Å². The summed E-state index contributed by atoms with van der Waals surface area (Å²) in [7, 11) is 0. The number of carbonyl (C=O) groups is 1. The van der Waals surface area contributed by atoms with Crippen molar-refractivity contribution in [3.63, 3.8) is 0 Å². The second-order valence-corrected chi connectivity index (χ2v) is 11.5. The van der Waals surface area contributed by atoms with Gasteiger partial charge < -0.3 is 15.0 Å². The molecule has 5 aromatic rings.